The van der Waals surface area contributed by atoms with Crippen molar-refractivity contribution in [3.63, 3.8) is 0 Å². The zero-order valence-corrected chi connectivity index (χ0v) is 16.7. The number of benzene rings is 2. The largest absolute Gasteiger partial charge is 0.366 e. The molecule has 2 aromatic carbocycles. The van der Waals surface area contributed by atoms with Crippen LogP contribution in [0.2, 0.25) is 0 Å². The number of hydrogen-bond donors (Lipinski definition) is 2. The average Bonchev–Trinajstić information content (AvgIpc) is 3.26. The van der Waals surface area contributed by atoms with Crippen molar-refractivity contribution < 1.29 is 0 Å². The highest BCUT2D eigenvalue weighted by Crippen LogP contribution is 2.31. The summed E-state index contributed by atoms with van der Waals surface area (Å²) >= 11 is 3.54. The van der Waals surface area contributed by atoms with Crippen molar-refractivity contribution in [1.82, 2.24) is 4.98 Å². The number of amidine groups is 1. The topological polar surface area (TPSA) is 49.3 Å². The SMILES string of the molecule is c1csc(CSc2cc(NC3=NCNc4ccccc43)c3ccccc3n2)c1. The lowest BCUT2D eigenvalue weighted by Crippen LogP contribution is -2.22. The van der Waals surface area contributed by atoms with Crippen LogP contribution in [0.15, 0.2) is 82.1 Å². The zero-order valence-electron chi connectivity index (χ0n) is 15.1. The van der Waals surface area contributed by atoms with Crippen LogP contribution >= 0.6 is 23.1 Å². The van der Waals surface area contributed by atoms with Gasteiger partial charge in [0.1, 0.15) is 12.5 Å². The first-order chi connectivity index (χ1) is 13.9. The predicted octanol–water partition coefficient (Wildman–Crippen LogP) is 5.83. The summed E-state index contributed by atoms with van der Waals surface area (Å²) in [7, 11) is 0. The smallest absolute Gasteiger partial charge is 0.136 e. The normalized spacial score (nSPS) is 12.9. The maximum Gasteiger partial charge on any atom is 0.136 e. The third-order valence-electron chi connectivity index (χ3n) is 4.58. The van der Waals surface area contributed by atoms with E-state index in [4.69, 9.17) is 4.98 Å². The van der Waals surface area contributed by atoms with Gasteiger partial charge < -0.3 is 10.6 Å². The van der Waals surface area contributed by atoms with Gasteiger partial charge in [0.15, 0.2) is 0 Å². The van der Waals surface area contributed by atoms with E-state index >= 15 is 0 Å². The van der Waals surface area contributed by atoms with Crippen LogP contribution in [0, 0.1) is 0 Å². The molecule has 4 aromatic rings. The van der Waals surface area contributed by atoms with Crippen LogP contribution in [-0.2, 0) is 5.75 Å². The van der Waals surface area contributed by atoms with Gasteiger partial charge in [0, 0.05) is 27.3 Å². The summed E-state index contributed by atoms with van der Waals surface area (Å²) in [6.45, 7) is 0.572. The number of thiophene rings is 1. The Morgan fingerprint density at radius 3 is 2.86 bits per heavy atom. The Kier molecular flexibility index (Phi) is 4.72. The van der Waals surface area contributed by atoms with Crippen LogP contribution in [-0.4, -0.2) is 17.5 Å². The van der Waals surface area contributed by atoms with Crippen LogP contribution in [0.25, 0.3) is 10.9 Å². The van der Waals surface area contributed by atoms with E-state index in [9.17, 15) is 0 Å². The molecule has 0 spiro atoms. The van der Waals surface area contributed by atoms with Gasteiger partial charge >= 0.3 is 0 Å². The molecule has 6 heteroatoms. The molecule has 0 fully saturated rings. The van der Waals surface area contributed by atoms with E-state index in [1.807, 2.05) is 24.3 Å². The van der Waals surface area contributed by atoms with Crippen molar-refractivity contribution in [3.05, 3.63) is 82.6 Å². The van der Waals surface area contributed by atoms with Crippen molar-refractivity contribution in [2.75, 3.05) is 17.3 Å². The molecule has 0 unspecified atom stereocenters. The number of pyridine rings is 1. The fourth-order valence-corrected chi connectivity index (χ4v) is 4.92. The number of aliphatic imine (C=N–C) groups is 1. The first-order valence-corrected chi connectivity index (χ1v) is 10.9. The molecule has 2 aromatic heterocycles. The Labute approximate surface area is 171 Å². The average molecular weight is 403 g/mol. The van der Waals surface area contributed by atoms with E-state index in [1.165, 1.54) is 4.88 Å². The molecule has 0 saturated heterocycles. The van der Waals surface area contributed by atoms with Gasteiger partial charge in [-0.25, -0.2) is 9.98 Å². The lowest BCUT2D eigenvalue weighted by Gasteiger charge is -2.20. The quantitative estimate of drug-likeness (QED) is 0.422. The molecule has 0 amide bonds. The number of nitrogens with zero attached hydrogens (tertiary/aromatic N) is 2. The van der Waals surface area contributed by atoms with Crippen molar-refractivity contribution in [3.8, 4) is 0 Å². The Balaban J connectivity index is 1.50. The number of nitrogens with one attached hydrogen (secondary N) is 2. The number of thioether (sulfide) groups is 1. The lowest BCUT2D eigenvalue weighted by atomic mass is 10.1. The molecule has 1 aliphatic rings. The summed E-state index contributed by atoms with van der Waals surface area (Å²) in [5.41, 5.74) is 4.21. The minimum absolute atomic E-state index is 0.572. The molecule has 4 nitrogen and oxygen atoms in total. The van der Waals surface area contributed by atoms with Gasteiger partial charge in [-0.15, -0.1) is 23.1 Å². The van der Waals surface area contributed by atoms with Crippen LogP contribution in [0.5, 0.6) is 0 Å². The van der Waals surface area contributed by atoms with Gasteiger partial charge in [-0.3, -0.25) is 0 Å². The molecule has 138 valence electrons. The van der Waals surface area contributed by atoms with Crippen molar-refractivity contribution >= 4 is 51.2 Å². The standard InChI is InChI=1S/C22H18N4S2/c1-4-10-19-16(7-1)20(12-21(25-19)28-13-15-6-5-11-27-15)26-22-17-8-2-3-9-18(17)23-14-24-22/h1-12,23H,13-14H2,(H,24,25,26). The summed E-state index contributed by atoms with van der Waals surface area (Å²) in [5.74, 6) is 1.82. The van der Waals surface area contributed by atoms with Crippen molar-refractivity contribution in [2.45, 2.75) is 10.8 Å². The fourth-order valence-electron chi connectivity index (χ4n) is 3.24. The van der Waals surface area contributed by atoms with E-state index in [2.05, 4.69) is 63.5 Å². The second kappa shape index (κ2) is 7.66. The highest BCUT2D eigenvalue weighted by atomic mass is 32.2. The number of rotatable bonds is 4. The Bertz CT molecular complexity index is 1150. The van der Waals surface area contributed by atoms with Crippen molar-refractivity contribution in [2.24, 2.45) is 4.99 Å². The summed E-state index contributed by atoms with van der Waals surface area (Å²) < 4.78 is 0. The number of anilines is 2. The second-order valence-corrected chi connectivity index (χ2v) is 8.43. The fraction of sp³-hybridized carbons (Fsp3) is 0.0909. The molecule has 28 heavy (non-hydrogen) atoms. The van der Waals surface area contributed by atoms with Gasteiger partial charge in [-0.05, 0) is 35.7 Å². The summed E-state index contributed by atoms with van der Waals surface area (Å²) in [5, 5.41) is 11.1. The second-order valence-electron chi connectivity index (χ2n) is 6.41. The van der Waals surface area contributed by atoms with Crippen LogP contribution in [0.1, 0.15) is 10.4 Å². The van der Waals surface area contributed by atoms with E-state index in [-0.39, 0.29) is 0 Å². The highest BCUT2D eigenvalue weighted by Gasteiger charge is 2.15. The molecule has 5 rings (SSSR count). The summed E-state index contributed by atoms with van der Waals surface area (Å²) in [6.07, 6.45) is 0. The first kappa shape index (κ1) is 17.3. The number of aromatic nitrogens is 1. The molecule has 1 aliphatic heterocycles. The maximum absolute atomic E-state index is 4.85. The van der Waals surface area contributed by atoms with Crippen molar-refractivity contribution in [1.29, 1.82) is 0 Å². The molecule has 3 heterocycles. The van der Waals surface area contributed by atoms with Gasteiger partial charge in [0.2, 0.25) is 0 Å². The Hall–Kier alpha value is -2.83. The molecular formula is C22H18N4S2. The first-order valence-electron chi connectivity index (χ1n) is 9.06. The maximum atomic E-state index is 4.85. The van der Waals surface area contributed by atoms with Crippen LogP contribution in [0.3, 0.4) is 0 Å². The van der Waals surface area contributed by atoms with E-state index < -0.39 is 0 Å². The molecule has 0 bridgehead atoms. The van der Waals surface area contributed by atoms with Crippen LogP contribution in [0.4, 0.5) is 11.4 Å². The minimum Gasteiger partial charge on any atom is -0.366 e. The van der Waals surface area contributed by atoms with Gasteiger partial charge in [0.25, 0.3) is 0 Å². The predicted molar refractivity (Wildman–Crippen MR) is 121 cm³/mol. The van der Waals surface area contributed by atoms with Crippen LogP contribution < -0.4 is 10.6 Å². The Morgan fingerprint density at radius 2 is 1.93 bits per heavy atom. The van der Waals surface area contributed by atoms with Gasteiger partial charge in [-0.2, -0.15) is 0 Å². The highest BCUT2D eigenvalue weighted by molar-refractivity contribution is 7.98. The van der Waals surface area contributed by atoms with E-state index in [0.717, 1.165) is 44.5 Å². The molecule has 0 saturated carbocycles. The lowest BCUT2D eigenvalue weighted by molar-refractivity contribution is 1.11. The Morgan fingerprint density at radius 1 is 1.04 bits per heavy atom. The monoisotopic (exact) mass is 402 g/mol. The van der Waals surface area contributed by atoms with Gasteiger partial charge in [-0.1, -0.05) is 36.4 Å². The third kappa shape index (κ3) is 3.48. The molecule has 2 N–H and O–H groups in total. The zero-order chi connectivity index (χ0) is 18.8. The number of para-hydroxylation sites is 2. The summed E-state index contributed by atoms with van der Waals surface area (Å²) in [4.78, 5) is 10.9. The third-order valence-corrected chi connectivity index (χ3v) is 6.60. The number of fused-ring (bicyclic) bond motifs is 2. The van der Waals surface area contributed by atoms with E-state index in [1.54, 1.807) is 23.1 Å². The van der Waals surface area contributed by atoms with E-state index in [0.29, 0.717) is 6.67 Å². The van der Waals surface area contributed by atoms with Gasteiger partial charge in [0.05, 0.1) is 16.2 Å². The molecule has 0 aliphatic carbocycles. The number of hydrogen-bond acceptors (Lipinski definition) is 6. The molecular weight excluding hydrogens is 384 g/mol. The minimum atomic E-state index is 0.572. The molecule has 0 atom stereocenters. The molecule has 0 radical (unpaired) electrons. The summed E-state index contributed by atoms with van der Waals surface area (Å²) in [6, 6.07) is 22.9.